The Kier molecular flexibility index (Phi) is 4.60. The summed E-state index contributed by atoms with van der Waals surface area (Å²) in [7, 11) is 0. The van der Waals surface area contributed by atoms with Gasteiger partial charge in [0.25, 0.3) is 0 Å². The van der Waals surface area contributed by atoms with E-state index in [0.717, 1.165) is 28.8 Å². The van der Waals surface area contributed by atoms with Gasteiger partial charge in [-0.3, -0.25) is 14.4 Å². The first-order valence-electron chi connectivity index (χ1n) is 6.53. The summed E-state index contributed by atoms with van der Waals surface area (Å²) in [6.45, 7) is 1.41. The summed E-state index contributed by atoms with van der Waals surface area (Å²) in [6, 6.07) is 3.37. The molecule has 3 N–H and O–H groups in total. The molecule has 2 rings (SSSR count). The molecule has 2 unspecified atom stereocenters. The number of carbonyl (C=O) groups is 4. The molecule has 0 aliphatic carbocycles. The summed E-state index contributed by atoms with van der Waals surface area (Å²) in [5.41, 5.74) is -0.403. The molecule has 0 radical (unpaired) electrons. The van der Waals surface area contributed by atoms with E-state index in [1.54, 1.807) is 0 Å². The van der Waals surface area contributed by atoms with Crippen LogP contribution in [0.1, 0.15) is 23.7 Å². The average molecular weight is 339 g/mol. The van der Waals surface area contributed by atoms with Crippen molar-refractivity contribution < 1.29 is 34.5 Å². The van der Waals surface area contributed by atoms with Crippen LogP contribution >= 0.6 is 11.8 Å². The maximum absolute atomic E-state index is 12.3. The topological polar surface area (TPSA) is 132 Å². The fourth-order valence-corrected chi connectivity index (χ4v) is 3.19. The Morgan fingerprint density at radius 3 is 2.52 bits per heavy atom. The van der Waals surface area contributed by atoms with Crippen molar-refractivity contribution in [3.63, 3.8) is 0 Å². The van der Waals surface area contributed by atoms with E-state index in [2.05, 4.69) is 0 Å². The van der Waals surface area contributed by atoms with Crippen LogP contribution in [-0.2, 0) is 14.4 Å². The van der Waals surface area contributed by atoms with Gasteiger partial charge >= 0.3 is 11.9 Å². The number of rotatable bonds is 5. The van der Waals surface area contributed by atoms with Crippen LogP contribution in [0.25, 0.3) is 0 Å². The van der Waals surface area contributed by atoms with Crippen molar-refractivity contribution in [3.05, 3.63) is 23.8 Å². The van der Waals surface area contributed by atoms with Crippen molar-refractivity contribution in [2.75, 3.05) is 4.90 Å². The summed E-state index contributed by atoms with van der Waals surface area (Å²) in [4.78, 5) is 47.1. The summed E-state index contributed by atoms with van der Waals surface area (Å²) in [6.07, 6.45) is -0.162. The predicted molar refractivity (Wildman–Crippen MR) is 80.7 cm³/mol. The first-order valence-corrected chi connectivity index (χ1v) is 7.48. The SMILES string of the molecule is CC(SC1CC(=O)N(c2ccc(O)c(C(=O)O)c2)C1=O)C(=O)O. The van der Waals surface area contributed by atoms with Crippen molar-refractivity contribution >= 4 is 41.2 Å². The number of benzene rings is 1. The number of carboxylic acid groups (broad SMARTS) is 2. The minimum Gasteiger partial charge on any atom is -0.507 e. The van der Waals surface area contributed by atoms with E-state index in [1.807, 2.05) is 0 Å². The van der Waals surface area contributed by atoms with Gasteiger partial charge in [-0.2, -0.15) is 0 Å². The molecule has 0 saturated carbocycles. The fourth-order valence-electron chi connectivity index (χ4n) is 2.12. The van der Waals surface area contributed by atoms with Crippen molar-refractivity contribution in [2.45, 2.75) is 23.8 Å². The maximum atomic E-state index is 12.3. The highest BCUT2D eigenvalue weighted by Gasteiger charge is 2.41. The zero-order chi connectivity index (χ0) is 17.3. The lowest BCUT2D eigenvalue weighted by atomic mass is 10.1. The van der Waals surface area contributed by atoms with E-state index in [4.69, 9.17) is 10.2 Å². The second kappa shape index (κ2) is 6.29. The van der Waals surface area contributed by atoms with E-state index in [0.29, 0.717) is 0 Å². The molecule has 122 valence electrons. The molecule has 0 spiro atoms. The van der Waals surface area contributed by atoms with Crippen LogP contribution in [0.3, 0.4) is 0 Å². The number of aromatic carboxylic acids is 1. The zero-order valence-electron chi connectivity index (χ0n) is 11.9. The molecule has 8 nitrogen and oxygen atoms in total. The lowest BCUT2D eigenvalue weighted by molar-refractivity contribution is -0.136. The number of carboxylic acids is 2. The van der Waals surface area contributed by atoms with Gasteiger partial charge in [-0.25, -0.2) is 9.69 Å². The van der Waals surface area contributed by atoms with E-state index < -0.39 is 45.6 Å². The van der Waals surface area contributed by atoms with Crippen molar-refractivity contribution in [1.29, 1.82) is 0 Å². The third-order valence-corrected chi connectivity index (χ3v) is 4.60. The van der Waals surface area contributed by atoms with Gasteiger partial charge in [0.05, 0.1) is 10.9 Å². The van der Waals surface area contributed by atoms with Gasteiger partial charge in [-0.05, 0) is 25.1 Å². The molecule has 1 aliphatic heterocycles. The smallest absolute Gasteiger partial charge is 0.339 e. The third-order valence-electron chi connectivity index (χ3n) is 3.29. The van der Waals surface area contributed by atoms with Gasteiger partial charge in [0.1, 0.15) is 16.6 Å². The summed E-state index contributed by atoms with van der Waals surface area (Å²) < 4.78 is 0. The molecule has 2 atom stereocenters. The Morgan fingerprint density at radius 1 is 1.30 bits per heavy atom. The minimum atomic E-state index is -1.39. The molecule has 1 aromatic rings. The van der Waals surface area contributed by atoms with Gasteiger partial charge in [0.15, 0.2) is 0 Å². The minimum absolute atomic E-state index is 0.0290. The number of aliphatic carboxylic acids is 1. The van der Waals surface area contributed by atoms with Crippen LogP contribution in [0, 0.1) is 0 Å². The van der Waals surface area contributed by atoms with Crippen LogP contribution in [0.4, 0.5) is 5.69 Å². The molecule has 9 heteroatoms. The van der Waals surface area contributed by atoms with Gasteiger partial charge < -0.3 is 15.3 Å². The maximum Gasteiger partial charge on any atom is 0.339 e. The van der Waals surface area contributed by atoms with E-state index in [9.17, 15) is 24.3 Å². The molecular formula is C14H13NO7S. The van der Waals surface area contributed by atoms with E-state index in [-0.39, 0.29) is 12.1 Å². The van der Waals surface area contributed by atoms with Gasteiger partial charge in [-0.1, -0.05) is 0 Å². The van der Waals surface area contributed by atoms with E-state index >= 15 is 0 Å². The third kappa shape index (κ3) is 3.29. The Morgan fingerprint density at radius 2 is 1.96 bits per heavy atom. The summed E-state index contributed by atoms with van der Waals surface area (Å²) in [5, 5.41) is 25.6. The number of amides is 2. The quantitative estimate of drug-likeness (QED) is 0.675. The molecule has 23 heavy (non-hydrogen) atoms. The first-order chi connectivity index (χ1) is 10.7. The van der Waals surface area contributed by atoms with Crippen LogP contribution in [0.15, 0.2) is 18.2 Å². The summed E-state index contributed by atoms with van der Waals surface area (Å²) >= 11 is 0.862. The molecule has 1 aromatic carbocycles. The van der Waals surface area contributed by atoms with Crippen molar-refractivity contribution in [1.82, 2.24) is 0 Å². The van der Waals surface area contributed by atoms with Crippen LogP contribution in [0.5, 0.6) is 5.75 Å². The lowest BCUT2D eigenvalue weighted by Crippen LogP contribution is -2.32. The molecule has 0 bridgehead atoms. The molecular weight excluding hydrogens is 326 g/mol. The lowest BCUT2D eigenvalue weighted by Gasteiger charge is -2.16. The van der Waals surface area contributed by atoms with Gasteiger partial charge in [0, 0.05) is 6.42 Å². The Bertz CT molecular complexity index is 702. The number of hydrogen-bond acceptors (Lipinski definition) is 6. The highest BCUT2D eigenvalue weighted by Crippen LogP contribution is 2.33. The molecule has 1 fully saturated rings. The standard InChI is InChI=1S/C14H13NO7S/c1-6(13(19)20)23-10-5-11(17)15(12(10)18)7-2-3-9(16)8(4-7)14(21)22/h2-4,6,10,16H,5H2,1H3,(H,19,20)(H,21,22). The number of thioether (sulfide) groups is 1. The second-order valence-corrected chi connectivity index (χ2v) is 6.43. The number of aromatic hydroxyl groups is 1. The highest BCUT2D eigenvalue weighted by molar-refractivity contribution is 8.01. The first kappa shape index (κ1) is 16.8. The molecule has 1 aliphatic rings. The fraction of sp³-hybridized carbons (Fsp3) is 0.286. The van der Waals surface area contributed by atoms with Crippen molar-refractivity contribution in [3.8, 4) is 5.75 Å². The van der Waals surface area contributed by atoms with Crippen LogP contribution < -0.4 is 4.90 Å². The predicted octanol–water partition coefficient (Wildman–Crippen LogP) is 0.929. The van der Waals surface area contributed by atoms with Crippen molar-refractivity contribution in [2.24, 2.45) is 0 Å². The second-order valence-electron chi connectivity index (χ2n) is 4.88. The average Bonchev–Trinajstić information content (AvgIpc) is 2.74. The Balaban J connectivity index is 2.29. The number of hydrogen-bond donors (Lipinski definition) is 3. The molecule has 2 amide bonds. The number of imide groups is 1. The van der Waals surface area contributed by atoms with Crippen LogP contribution in [0.2, 0.25) is 0 Å². The Hall–Kier alpha value is -2.55. The number of nitrogens with zero attached hydrogens (tertiary/aromatic N) is 1. The van der Waals surface area contributed by atoms with Crippen LogP contribution in [-0.4, -0.2) is 49.6 Å². The summed E-state index contributed by atoms with van der Waals surface area (Å²) in [5.74, 6) is -4.12. The van der Waals surface area contributed by atoms with Gasteiger partial charge in [0.2, 0.25) is 11.8 Å². The number of anilines is 1. The molecule has 1 heterocycles. The molecule has 0 aromatic heterocycles. The number of carbonyl (C=O) groups excluding carboxylic acids is 2. The molecule has 1 saturated heterocycles. The Labute approximate surface area is 134 Å². The zero-order valence-corrected chi connectivity index (χ0v) is 12.7. The normalized spacial score (nSPS) is 19.0. The van der Waals surface area contributed by atoms with Gasteiger partial charge in [-0.15, -0.1) is 11.8 Å². The largest absolute Gasteiger partial charge is 0.507 e. The number of phenols is 1. The highest BCUT2D eigenvalue weighted by atomic mass is 32.2. The van der Waals surface area contributed by atoms with E-state index in [1.165, 1.54) is 13.0 Å². The monoisotopic (exact) mass is 339 g/mol.